The van der Waals surface area contributed by atoms with Crippen LogP contribution in [0.2, 0.25) is 0 Å². The number of carbonyl (C=O) groups excluding carboxylic acids is 1. The molecule has 0 aromatic heterocycles. The van der Waals surface area contributed by atoms with Gasteiger partial charge in [-0.15, -0.1) is 11.8 Å². The number of benzene rings is 2. The first-order chi connectivity index (χ1) is 9.58. The first kappa shape index (κ1) is 14.9. The Bertz CT molecular complexity index is 660. The van der Waals surface area contributed by atoms with E-state index in [-0.39, 0.29) is 17.4 Å². The summed E-state index contributed by atoms with van der Waals surface area (Å²) in [6.45, 7) is 0. The van der Waals surface area contributed by atoms with E-state index in [0.717, 1.165) is 32.7 Å². The monoisotopic (exact) mass is 353 g/mol. The minimum absolute atomic E-state index is 0.0749. The average molecular weight is 354 g/mol. The fraction of sp³-hybridized carbons (Fsp3) is 0.143. The Labute approximate surface area is 128 Å². The standard InChI is InChI=1S/C14H12BrNO3S/c15-11-5-6-12(10-4-2-1-3-9(10)11)16-13(17)7-20-8-14(18)19/h1-6H,7-8H2,(H,16,17)(H,18,19). The Kier molecular flexibility index (Phi) is 5.03. The third-order valence-electron chi connectivity index (χ3n) is 2.60. The van der Waals surface area contributed by atoms with Gasteiger partial charge in [0.25, 0.3) is 0 Å². The Balaban J connectivity index is 2.12. The molecule has 1 amide bonds. The molecule has 2 rings (SSSR count). The molecule has 0 heterocycles. The summed E-state index contributed by atoms with van der Waals surface area (Å²) in [5.74, 6) is -1.08. The second-order valence-corrected chi connectivity index (χ2v) is 5.92. The van der Waals surface area contributed by atoms with Crippen LogP contribution in [0.4, 0.5) is 5.69 Å². The van der Waals surface area contributed by atoms with Crippen LogP contribution in [0.3, 0.4) is 0 Å². The highest BCUT2D eigenvalue weighted by atomic mass is 79.9. The first-order valence-corrected chi connectivity index (χ1v) is 7.79. The maximum atomic E-state index is 11.8. The molecule has 0 spiro atoms. The van der Waals surface area contributed by atoms with Gasteiger partial charge < -0.3 is 10.4 Å². The SMILES string of the molecule is O=C(O)CSCC(=O)Nc1ccc(Br)c2ccccc12. The largest absolute Gasteiger partial charge is 0.481 e. The number of halogens is 1. The number of aliphatic carboxylic acids is 1. The minimum atomic E-state index is -0.920. The van der Waals surface area contributed by atoms with E-state index in [0.29, 0.717) is 0 Å². The van der Waals surface area contributed by atoms with Gasteiger partial charge in [-0.1, -0.05) is 40.2 Å². The molecule has 0 unspecified atom stereocenters. The summed E-state index contributed by atoms with van der Waals surface area (Å²) in [6.07, 6.45) is 0. The van der Waals surface area contributed by atoms with Crippen molar-refractivity contribution in [1.29, 1.82) is 0 Å². The van der Waals surface area contributed by atoms with Gasteiger partial charge in [-0.05, 0) is 17.5 Å². The predicted molar refractivity (Wildman–Crippen MR) is 85.2 cm³/mol. The van der Waals surface area contributed by atoms with Crippen molar-refractivity contribution >= 4 is 56.0 Å². The molecule has 2 N–H and O–H groups in total. The van der Waals surface area contributed by atoms with Crippen molar-refractivity contribution in [2.75, 3.05) is 16.8 Å². The van der Waals surface area contributed by atoms with Gasteiger partial charge in [-0.2, -0.15) is 0 Å². The van der Waals surface area contributed by atoms with Gasteiger partial charge in [-0.3, -0.25) is 9.59 Å². The molecule has 2 aromatic carbocycles. The molecule has 0 saturated carbocycles. The number of rotatable bonds is 5. The number of anilines is 1. The van der Waals surface area contributed by atoms with E-state index < -0.39 is 5.97 Å². The summed E-state index contributed by atoms with van der Waals surface area (Å²) in [7, 11) is 0. The Morgan fingerprint density at radius 3 is 2.50 bits per heavy atom. The van der Waals surface area contributed by atoms with Gasteiger partial charge in [0, 0.05) is 15.5 Å². The Hall–Kier alpha value is -1.53. The highest BCUT2D eigenvalue weighted by Crippen LogP contribution is 2.29. The average Bonchev–Trinajstić information content (AvgIpc) is 2.42. The number of carboxylic acids is 1. The molecule has 0 fully saturated rings. The molecule has 0 aliphatic carbocycles. The highest BCUT2D eigenvalue weighted by Gasteiger charge is 2.08. The molecule has 104 valence electrons. The van der Waals surface area contributed by atoms with E-state index in [2.05, 4.69) is 21.2 Å². The summed E-state index contributed by atoms with van der Waals surface area (Å²) in [5.41, 5.74) is 0.727. The smallest absolute Gasteiger partial charge is 0.313 e. The minimum Gasteiger partial charge on any atom is -0.481 e. The van der Waals surface area contributed by atoms with Crippen LogP contribution in [-0.2, 0) is 9.59 Å². The lowest BCUT2D eigenvalue weighted by Gasteiger charge is -2.09. The van der Waals surface area contributed by atoms with Crippen LogP contribution in [0.5, 0.6) is 0 Å². The van der Waals surface area contributed by atoms with Crippen molar-refractivity contribution in [2.24, 2.45) is 0 Å². The summed E-state index contributed by atoms with van der Waals surface area (Å²) in [5, 5.41) is 13.3. The van der Waals surface area contributed by atoms with Crippen molar-refractivity contribution in [3.63, 3.8) is 0 Å². The Morgan fingerprint density at radius 2 is 1.80 bits per heavy atom. The lowest BCUT2D eigenvalue weighted by Crippen LogP contribution is -2.15. The van der Waals surface area contributed by atoms with Crippen LogP contribution < -0.4 is 5.32 Å². The molecule has 0 aliphatic rings. The second kappa shape index (κ2) is 6.76. The molecule has 4 nitrogen and oxygen atoms in total. The zero-order valence-electron chi connectivity index (χ0n) is 10.4. The normalized spacial score (nSPS) is 10.4. The number of fused-ring (bicyclic) bond motifs is 1. The van der Waals surface area contributed by atoms with Crippen LogP contribution in [0, 0.1) is 0 Å². The van der Waals surface area contributed by atoms with Crippen molar-refractivity contribution in [3.05, 3.63) is 40.9 Å². The summed E-state index contributed by atoms with van der Waals surface area (Å²) >= 11 is 4.55. The second-order valence-electron chi connectivity index (χ2n) is 4.08. The van der Waals surface area contributed by atoms with E-state index in [4.69, 9.17) is 5.11 Å². The van der Waals surface area contributed by atoms with Crippen LogP contribution in [-0.4, -0.2) is 28.5 Å². The summed E-state index contributed by atoms with van der Waals surface area (Å²) in [6, 6.07) is 11.4. The number of carbonyl (C=O) groups is 2. The predicted octanol–water partition coefficient (Wildman–Crippen LogP) is 3.36. The maximum absolute atomic E-state index is 11.8. The Morgan fingerprint density at radius 1 is 1.10 bits per heavy atom. The van der Waals surface area contributed by atoms with Gasteiger partial charge in [0.05, 0.1) is 11.5 Å². The molecule has 0 aliphatic heterocycles. The summed E-state index contributed by atoms with van der Waals surface area (Å²) < 4.78 is 0.964. The van der Waals surface area contributed by atoms with E-state index in [1.165, 1.54) is 0 Å². The number of carboxylic acid groups (broad SMARTS) is 1. The molecular weight excluding hydrogens is 342 g/mol. The number of thioether (sulfide) groups is 1. The topological polar surface area (TPSA) is 66.4 Å². The van der Waals surface area contributed by atoms with E-state index in [1.807, 2.05) is 36.4 Å². The third kappa shape index (κ3) is 3.74. The molecular formula is C14H12BrNO3S. The number of nitrogens with one attached hydrogen (secondary N) is 1. The van der Waals surface area contributed by atoms with Gasteiger partial charge >= 0.3 is 5.97 Å². The molecule has 0 atom stereocenters. The number of hydrogen-bond donors (Lipinski definition) is 2. The van der Waals surface area contributed by atoms with Gasteiger partial charge in [0.1, 0.15) is 0 Å². The van der Waals surface area contributed by atoms with Crippen molar-refractivity contribution < 1.29 is 14.7 Å². The van der Waals surface area contributed by atoms with E-state index in [9.17, 15) is 9.59 Å². The van der Waals surface area contributed by atoms with Gasteiger partial charge in [-0.25, -0.2) is 0 Å². The molecule has 2 aromatic rings. The van der Waals surface area contributed by atoms with E-state index in [1.54, 1.807) is 0 Å². The summed E-state index contributed by atoms with van der Waals surface area (Å²) in [4.78, 5) is 22.2. The number of hydrogen-bond acceptors (Lipinski definition) is 3. The number of amides is 1. The van der Waals surface area contributed by atoms with Crippen LogP contribution in [0.15, 0.2) is 40.9 Å². The molecule has 6 heteroatoms. The third-order valence-corrected chi connectivity index (χ3v) is 4.21. The molecule has 0 radical (unpaired) electrons. The lowest BCUT2D eigenvalue weighted by molar-refractivity contribution is -0.133. The van der Waals surface area contributed by atoms with Gasteiger partial charge in [0.2, 0.25) is 5.91 Å². The van der Waals surface area contributed by atoms with E-state index >= 15 is 0 Å². The maximum Gasteiger partial charge on any atom is 0.313 e. The van der Waals surface area contributed by atoms with Crippen molar-refractivity contribution in [3.8, 4) is 0 Å². The first-order valence-electron chi connectivity index (χ1n) is 5.84. The zero-order valence-corrected chi connectivity index (χ0v) is 12.8. The quantitative estimate of drug-likeness (QED) is 0.864. The lowest BCUT2D eigenvalue weighted by atomic mass is 10.1. The molecule has 0 bridgehead atoms. The van der Waals surface area contributed by atoms with Crippen LogP contribution >= 0.6 is 27.7 Å². The van der Waals surface area contributed by atoms with Crippen LogP contribution in [0.1, 0.15) is 0 Å². The molecule has 0 saturated heterocycles. The van der Waals surface area contributed by atoms with Crippen molar-refractivity contribution in [1.82, 2.24) is 0 Å². The fourth-order valence-corrected chi connectivity index (χ4v) is 2.80. The van der Waals surface area contributed by atoms with Crippen molar-refractivity contribution in [2.45, 2.75) is 0 Å². The zero-order chi connectivity index (χ0) is 14.5. The highest BCUT2D eigenvalue weighted by molar-refractivity contribution is 9.10. The van der Waals surface area contributed by atoms with Gasteiger partial charge in [0.15, 0.2) is 0 Å². The fourth-order valence-electron chi connectivity index (χ4n) is 1.79. The van der Waals surface area contributed by atoms with Crippen LogP contribution in [0.25, 0.3) is 10.8 Å². The molecule has 20 heavy (non-hydrogen) atoms.